The highest BCUT2D eigenvalue weighted by Crippen LogP contribution is 2.53. The average molecular weight is 699 g/mol. The van der Waals surface area contributed by atoms with Gasteiger partial charge in [0.15, 0.2) is 0 Å². The third-order valence-electron chi connectivity index (χ3n) is 11.9. The maximum absolute atomic E-state index is 5.51. The van der Waals surface area contributed by atoms with Crippen LogP contribution < -0.4 is 0 Å². The van der Waals surface area contributed by atoms with Gasteiger partial charge in [0.2, 0.25) is 0 Å². The molecule has 10 rings (SSSR count). The van der Waals surface area contributed by atoms with Gasteiger partial charge in [-0.15, -0.1) is 0 Å². The third kappa shape index (κ3) is 4.90. The normalized spacial score (nSPS) is 17.8. The molecule has 0 spiro atoms. The van der Waals surface area contributed by atoms with Crippen LogP contribution in [0.4, 0.5) is 0 Å². The number of nitrogens with zero attached hydrogens (tertiary/aromatic N) is 4. The van der Waals surface area contributed by atoms with Crippen LogP contribution in [-0.4, -0.2) is 34.3 Å². The standard InChI is InChI=1S/C50H42N4/c1-50(2)41-26-15-14-25-39(41)45-42(50)29-30-43-46(45)40-28-27-36(33-17-8-5-9-18-33)32-44(40)54(43)38-24-16-23-37(31-38)48-51-47(34-19-10-6-11-20-34)52(3)49(53(48)4)35-21-12-7-13-22-35/h5-32,48-49H,1-4H3. The Morgan fingerprint density at radius 2 is 1.20 bits per heavy atom. The number of rotatable bonds is 5. The summed E-state index contributed by atoms with van der Waals surface area (Å²) in [5.41, 5.74) is 14.9. The molecule has 262 valence electrons. The summed E-state index contributed by atoms with van der Waals surface area (Å²) in [6, 6.07) is 61.9. The summed E-state index contributed by atoms with van der Waals surface area (Å²) in [7, 11) is 4.36. The number of benzene rings is 7. The second-order valence-electron chi connectivity index (χ2n) is 15.3. The fourth-order valence-electron chi connectivity index (χ4n) is 9.29. The predicted molar refractivity (Wildman–Crippen MR) is 224 cm³/mol. The maximum Gasteiger partial charge on any atom is 0.134 e. The quantitative estimate of drug-likeness (QED) is 0.179. The van der Waals surface area contributed by atoms with Crippen molar-refractivity contribution in [3.05, 3.63) is 198 Å². The van der Waals surface area contributed by atoms with Gasteiger partial charge in [-0.25, -0.2) is 4.99 Å². The van der Waals surface area contributed by atoms with Crippen LogP contribution in [0.1, 0.15) is 54.0 Å². The van der Waals surface area contributed by atoms with Crippen molar-refractivity contribution >= 4 is 27.6 Å². The molecule has 1 aliphatic heterocycles. The Morgan fingerprint density at radius 1 is 0.537 bits per heavy atom. The Balaban J connectivity index is 1.21. The van der Waals surface area contributed by atoms with Gasteiger partial charge in [-0.1, -0.05) is 159 Å². The molecule has 0 saturated heterocycles. The minimum absolute atomic E-state index is 0.000224. The second kappa shape index (κ2) is 12.4. The molecule has 54 heavy (non-hydrogen) atoms. The van der Waals surface area contributed by atoms with Crippen molar-refractivity contribution in [2.75, 3.05) is 14.1 Å². The summed E-state index contributed by atoms with van der Waals surface area (Å²) in [6.07, 6.45) is -0.202. The Morgan fingerprint density at radius 3 is 1.96 bits per heavy atom. The third-order valence-corrected chi connectivity index (χ3v) is 11.9. The summed E-state index contributed by atoms with van der Waals surface area (Å²) < 4.78 is 2.49. The highest BCUT2D eigenvalue weighted by atomic mass is 15.4. The molecule has 4 nitrogen and oxygen atoms in total. The minimum atomic E-state index is -0.202. The zero-order chi connectivity index (χ0) is 36.6. The molecule has 4 heteroatoms. The monoisotopic (exact) mass is 698 g/mol. The van der Waals surface area contributed by atoms with E-state index >= 15 is 0 Å². The summed E-state index contributed by atoms with van der Waals surface area (Å²) in [5, 5.41) is 2.58. The summed E-state index contributed by atoms with van der Waals surface area (Å²) in [5.74, 6) is 0.985. The van der Waals surface area contributed by atoms with Crippen LogP contribution in [0.5, 0.6) is 0 Å². The minimum Gasteiger partial charge on any atom is -0.339 e. The maximum atomic E-state index is 5.51. The van der Waals surface area contributed by atoms with Gasteiger partial charge in [-0.2, -0.15) is 0 Å². The lowest BCUT2D eigenvalue weighted by Gasteiger charge is -2.45. The Kier molecular flexibility index (Phi) is 7.47. The van der Waals surface area contributed by atoms with E-state index in [0.29, 0.717) is 0 Å². The SMILES string of the molecule is CN1C(c2ccccc2)=NC(c2cccc(-n3c4cc(-c5ccccc5)ccc4c4c5c(ccc43)C(C)(C)c3ccccc3-5)c2)N(C)C1c1ccccc1. The van der Waals surface area contributed by atoms with Crippen LogP contribution in [0.3, 0.4) is 0 Å². The van der Waals surface area contributed by atoms with E-state index in [0.717, 1.165) is 22.6 Å². The number of hydrogen-bond donors (Lipinski definition) is 0. The van der Waals surface area contributed by atoms with Crippen LogP contribution >= 0.6 is 0 Å². The first-order chi connectivity index (χ1) is 26.4. The van der Waals surface area contributed by atoms with Crippen molar-refractivity contribution in [1.29, 1.82) is 0 Å². The Hall–Kier alpha value is -6.23. The van der Waals surface area contributed by atoms with Crippen LogP contribution in [0.25, 0.3) is 49.7 Å². The highest BCUT2D eigenvalue weighted by molar-refractivity contribution is 6.18. The summed E-state index contributed by atoms with van der Waals surface area (Å²) >= 11 is 0. The zero-order valence-corrected chi connectivity index (χ0v) is 31.1. The first kappa shape index (κ1) is 32.4. The van der Waals surface area contributed by atoms with Crippen LogP contribution in [0, 0.1) is 0 Å². The van der Waals surface area contributed by atoms with E-state index in [1.165, 1.54) is 60.8 Å². The molecule has 2 unspecified atom stereocenters. The molecule has 0 saturated carbocycles. The fourth-order valence-corrected chi connectivity index (χ4v) is 9.29. The number of aliphatic imine (C=N–C) groups is 1. The van der Waals surface area contributed by atoms with E-state index in [1.54, 1.807) is 0 Å². The Bertz CT molecular complexity index is 2730. The molecular formula is C50H42N4. The van der Waals surface area contributed by atoms with Gasteiger partial charge in [-0.3, -0.25) is 4.90 Å². The number of amidine groups is 1. The van der Waals surface area contributed by atoms with Gasteiger partial charge in [0, 0.05) is 34.5 Å². The largest absolute Gasteiger partial charge is 0.339 e. The van der Waals surface area contributed by atoms with Gasteiger partial charge in [0.25, 0.3) is 0 Å². The Labute approximate surface area is 317 Å². The van der Waals surface area contributed by atoms with E-state index in [1.807, 2.05) is 0 Å². The highest BCUT2D eigenvalue weighted by Gasteiger charge is 2.38. The predicted octanol–water partition coefficient (Wildman–Crippen LogP) is 11.8. The molecule has 0 radical (unpaired) electrons. The first-order valence-electron chi connectivity index (χ1n) is 18.9. The van der Waals surface area contributed by atoms with Gasteiger partial charge in [0.1, 0.15) is 18.2 Å². The van der Waals surface area contributed by atoms with E-state index < -0.39 is 0 Å². The molecule has 8 aromatic rings. The molecule has 1 aliphatic carbocycles. The molecule has 0 fully saturated rings. The molecule has 7 aromatic carbocycles. The van der Waals surface area contributed by atoms with Crippen LogP contribution in [0.15, 0.2) is 175 Å². The number of fused-ring (bicyclic) bond motifs is 7. The molecule has 0 amide bonds. The molecule has 0 bridgehead atoms. The van der Waals surface area contributed by atoms with Gasteiger partial charge in [0.05, 0.1) is 11.0 Å². The van der Waals surface area contributed by atoms with E-state index in [9.17, 15) is 0 Å². The van der Waals surface area contributed by atoms with Crippen molar-refractivity contribution in [3.8, 4) is 27.9 Å². The molecule has 2 aliphatic rings. The zero-order valence-electron chi connectivity index (χ0n) is 31.1. The topological polar surface area (TPSA) is 23.8 Å². The van der Waals surface area contributed by atoms with E-state index in [4.69, 9.17) is 4.99 Å². The molecule has 0 N–H and O–H groups in total. The number of hydrogen-bond acceptors (Lipinski definition) is 3. The van der Waals surface area contributed by atoms with Gasteiger partial charge < -0.3 is 9.47 Å². The van der Waals surface area contributed by atoms with Crippen molar-refractivity contribution < 1.29 is 0 Å². The van der Waals surface area contributed by atoms with Gasteiger partial charge >= 0.3 is 0 Å². The average Bonchev–Trinajstić information content (AvgIpc) is 3.67. The van der Waals surface area contributed by atoms with Crippen LogP contribution in [0.2, 0.25) is 0 Å². The number of aromatic nitrogens is 1. The van der Waals surface area contributed by atoms with Gasteiger partial charge in [-0.05, 0) is 75.8 Å². The van der Waals surface area contributed by atoms with Crippen LogP contribution in [-0.2, 0) is 5.41 Å². The summed E-state index contributed by atoms with van der Waals surface area (Å²) in [4.78, 5) is 10.2. The molecule has 2 atom stereocenters. The van der Waals surface area contributed by atoms with Crippen molar-refractivity contribution in [2.45, 2.75) is 31.6 Å². The molecule has 1 aromatic heterocycles. The molecular weight excluding hydrogens is 657 g/mol. The summed E-state index contributed by atoms with van der Waals surface area (Å²) in [6.45, 7) is 4.73. The van der Waals surface area contributed by atoms with Crippen molar-refractivity contribution in [2.24, 2.45) is 4.99 Å². The second-order valence-corrected chi connectivity index (χ2v) is 15.3. The lowest BCUT2D eigenvalue weighted by Crippen LogP contribution is -2.47. The van der Waals surface area contributed by atoms with Crippen molar-refractivity contribution in [1.82, 2.24) is 14.4 Å². The van der Waals surface area contributed by atoms with Crippen molar-refractivity contribution in [3.63, 3.8) is 0 Å². The lowest BCUT2D eigenvalue weighted by molar-refractivity contribution is 0.0744. The van der Waals surface area contributed by atoms with E-state index in [-0.39, 0.29) is 17.7 Å². The first-order valence-corrected chi connectivity index (χ1v) is 18.9. The fraction of sp³-hybridized carbons (Fsp3) is 0.140. The molecule has 2 heterocycles. The smallest absolute Gasteiger partial charge is 0.134 e. The van der Waals surface area contributed by atoms with E-state index in [2.05, 4.69) is 212 Å². The lowest BCUT2D eigenvalue weighted by atomic mass is 9.82.